The van der Waals surface area contributed by atoms with E-state index in [0.717, 1.165) is 16.5 Å². The van der Waals surface area contributed by atoms with Crippen LogP contribution in [0.3, 0.4) is 0 Å². The lowest BCUT2D eigenvalue weighted by Crippen LogP contribution is -2.41. The topological polar surface area (TPSA) is 44.0 Å². The Bertz CT molecular complexity index is 719. The van der Waals surface area contributed by atoms with Crippen LogP contribution in [-0.2, 0) is 13.1 Å². The lowest BCUT2D eigenvalue weighted by atomic mass is 10.2. The molecule has 1 aromatic heterocycles. The molecule has 0 saturated heterocycles. The normalized spacial score (nSPS) is 10.8. The molecule has 2 rings (SSSR count). The Morgan fingerprint density at radius 2 is 1.85 bits per heavy atom. The summed E-state index contributed by atoms with van der Waals surface area (Å²) in [6, 6.07) is 7.61. The Labute approximate surface area is 138 Å². The molecule has 0 amide bonds. The molecule has 0 atom stereocenters. The van der Waals surface area contributed by atoms with Gasteiger partial charge >= 0.3 is 5.69 Å². The average Bonchev–Trinajstić information content (AvgIpc) is 2.43. The summed E-state index contributed by atoms with van der Waals surface area (Å²) in [6.07, 6.45) is 2.49. The van der Waals surface area contributed by atoms with Crippen molar-refractivity contribution in [1.82, 2.24) is 9.13 Å². The number of rotatable bonds is 4. The van der Waals surface area contributed by atoms with Crippen molar-refractivity contribution >= 4 is 38.5 Å². The van der Waals surface area contributed by atoms with Crippen molar-refractivity contribution in [3.63, 3.8) is 0 Å². The van der Waals surface area contributed by atoms with Crippen molar-refractivity contribution in [1.29, 1.82) is 0 Å². The lowest BCUT2D eigenvalue weighted by Gasteiger charge is -2.10. The summed E-state index contributed by atoms with van der Waals surface area (Å²) in [5.74, 6) is 0. The first-order valence-electron chi connectivity index (χ1n) is 6.27. The monoisotopic (exact) mass is 448 g/mol. The molecule has 0 aliphatic rings. The highest BCUT2D eigenvalue weighted by molar-refractivity contribution is 14.1. The molecule has 1 aromatic carbocycles. The fraction of sp³-hybridized carbons (Fsp3) is 0.286. The van der Waals surface area contributed by atoms with E-state index in [2.05, 4.69) is 15.9 Å². The molecule has 0 fully saturated rings. The summed E-state index contributed by atoms with van der Waals surface area (Å²) in [4.78, 5) is 24.5. The number of hydrogen-bond donors (Lipinski definition) is 0. The minimum absolute atomic E-state index is 0.231. The second-order valence-corrected chi connectivity index (χ2v) is 6.55. The number of benzene rings is 1. The van der Waals surface area contributed by atoms with E-state index in [1.54, 1.807) is 10.8 Å². The van der Waals surface area contributed by atoms with Gasteiger partial charge in [0.15, 0.2) is 0 Å². The van der Waals surface area contributed by atoms with Crippen molar-refractivity contribution in [2.45, 2.75) is 26.4 Å². The van der Waals surface area contributed by atoms with Crippen LogP contribution in [0.5, 0.6) is 0 Å². The molecule has 0 bridgehead atoms. The summed E-state index contributed by atoms with van der Waals surface area (Å²) in [6.45, 7) is 2.92. The molecule has 106 valence electrons. The van der Waals surface area contributed by atoms with Crippen LogP contribution >= 0.6 is 38.5 Å². The Kier molecular flexibility index (Phi) is 5.20. The molecule has 0 radical (unpaired) electrons. The average molecular weight is 449 g/mol. The van der Waals surface area contributed by atoms with Crippen LogP contribution in [0.2, 0.25) is 0 Å². The van der Waals surface area contributed by atoms with Crippen LogP contribution in [0, 0.1) is 3.57 Å². The number of halogens is 2. The third kappa shape index (κ3) is 3.41. The van der Waals surface area contributed by atoms with Gasteiger partial charge in [0, 0.05) is 17.2 Å². The van der Waals surface area contributed by atoms with Gasteiger partial charge in [-0.25, -0.2) is 4.79 Å². The Hall–Kier alpha value is -0.890. The third-order valence-electron chi connectivity index (χ3n) is 2.91. The van der Waals surface area contributed by atoms with Gasteiger partial charge in [-0.05, 0) is 46.7 Å². The van der Waals surface area contributed by atoms with Crippen LogP contribution in [0.1, 0.15) is 18.9 Å². The summed E-state index contributed by atoms with van der Waals surface area (Å²) in [7, 11) is 0. The van der Waals surface area contributed by atoms with Gasteiger partial charge in [-0.3, -0.25) is 13.9 Å². The smallest absolute Gasteiger partial charge is 0.299 e. The highest BCUT2D eigenvalue weighted by Gasteiger charge is 2.09. The maximum atomic E-state index is 12.3. The quantitative estimate of drug-likeness (QED) is 0.675. The van der Waals surface area contributed by atoms with E-state index in [-0.39, 0.29) is 11.2 Å². The minimum Gasteiger partial charge on any atom is -0.299 e. The number of nitrogens with zero attached hydrogens (tertiary/aromatic N) is 2. The molecule has 0 unspecified atom stereocenters. The zero-order chi connectivity index (χ0) is 14.7. The first kappa shape index (κ1) is 15.5. The lowest BCUT2D eigenvalue weighted by molar-refractivity contribution is 0.566. The van der Waals surface area contributed by atoms with E-state index in [0.29, 0.717) is 16.7 Å². The minimum atomic E-state index is -0.250. The number of aryl methyl sites for hydroxylation is 1. The molecule has 0 saturated carbocycles. The second-order valence-electron chi connectivity index (χ2n) is 4.47. The van der Waals surface area contributed by atoms with E-state index >= 15 is 0 Å². The molecule has 0 aliphatic carbocycles. The van der Waals surface area contributed by atoms with Crippen molar-refractivity contribution in [3.05, 3.63) is 64.9 Å². The SMILES string of the molecule is CCCn1cc(I)c(=O)n(Cc2ccc(Br)cc2)c1=O. The Balaban J connectivity index is 2.47. The van der Waals surface area contributed by atoms with Crippen molar-refractivity contribution in [3.8, 4) is 0 Å². The predicted octanol–water partition coefficient (Wildman–Crippen LogP) is 2.84. The Morgan fingerprint density at radius 3 is 2.45 bits per heavy atom. The van der Waals surface area contributed by atoms with Crippen LogP contribution in [0.25, 0.3) is 0 Å². The van der Waals surface area contributed by atoms with E-state index in [1.807, 2.05) is 53.8 Å². The van der Waals surface area contributed by atoms with Crippen molar-refractivity contribution < 1.29 is 0 Å². The van der Waals surface area contributed by atoms with Gasteiger partial charge in [-0.1, -0.05) is 35.0 Å². The van der Waals surface area contributed by atoms with E-state index in [1.165, 1.54) is 4.57 Å². The summed E-state index contributed by atoms with van der Waals surface area (Å²) < 4.78 is 4.43. The molecule has 6 heteroatoms. The summed E-state index contributed by atoms with van der Waals surface area (Å²) in [5.41, 5.74) is 0.448. The predicted molar refractivity (Wildman–Crippen MR) is 91.2 cm³/mol. The van der Waals surface area contributed by atoms with Crippen molar-refractivity contribution in [2.75, 3.05) is 0 Å². The van der Waals surface area contributed by atoms with Gasteiger partial charge in [0.1, 0.15) is 0 Å². The van der Waals surface area contributed by atoms with E-state index in [9.17, 15) is 9.59 Å². The summed E-state index contributed by atoms with van der Waals surface area (Å²) in [5, 5.41) is 0. The van der Waals surface area contributed by atoms with Gasteiger partial charge in [0.25, 0.3) is 5.56 Å². The molecule has 2 aromatic rings. The van der Waals surface area contributed by atoms with Crippen LogP contribution in [0.15, 0.2) is 44.5 Å². The van der Waals surface area contributed by atoms with Gasteiger partial charge in [-0.2, -0.15) is 0 Å². The first-order chi connectivity index (χ1) is 9.52. The number of hydrogen-bond acceptors (Lipinski definition) is 2. The highest BCUT2D eigenvalue weighted by Crippen LogP contribution is 2.10. The molecular weight excluding hydrogens is 435 g/mol. The first-order valence-corrected chi connectivity index (χ1v) is 8.14. The zero-order valence-corrected chi connectivity index (χ0v) is 14.7. The van der Waals surface area contributed by atoms with Crippen molar-refractivity contribution in [2.24, 2.45) is 0 Å². The molecule has 1 heterocycles. The fourth-order valence-electron chi connectivity index (χ4n) is 1.93. The molecule has 0 spiro atoms. The van der Waals surface area contributed by atoms with E-state index < -0.39 is 0 Å². The molecular formula is C14H14BrIN2O2. The molecule has 4 nitrogen and oxygen atoms in total. The zero-order valence-electron chi connectivity index (χ0n) is 11.0. The molecule has 20 heavy (non-hydrogen) atoms. The van der Waals surface area contributed by atoms with Gasteiger partial charge in [-0.15, -0.1) is 0 Å². The molecule has 0 aliphatic heterocycles. The van der Waals surface area contributed by atoms with Crippen LogP contribution in [0.4, 0.5) is 0 Å². The third-order valence-corrected chi connectivity index (χ3v) is 4.18. The maximum absolute atomic E-state index is 12.3. The van der Waals surface area contributed by atoms with Gasteiger partial charge in [0.05, 0.1) is 10.1 Å². The van der Waals surface area contributed by atoms with E-state index in [4.69, 9.17) is 0 Å². The number of aromatic nitrogens is 2. The van der Waals surface area contributed by atoms with Crippen LogP contribution < -0.4 is 11.2 Å². The second kappa shape index (κ2) is 6.71. The standard InChI is InChI=1S/C14H14BrIN2O2/c1-2-7-17-9-12(16)13(19)18(14(17)20)8-10-3-5-11(15)6-4-10/h3-6,9H,2,7-8H2,1H3. The van der Waals surface area contributed by atoms with Crippen LogP contribution in [-0.4, -0.2) is 9.13 Å². The van der Waals surface area contributed by atoms with Gasteiger partial charge < -0.3 is 0 Å². The summed E-state index contributed by atoms with van der Waals surface area (Å²) >= 11 is 5.35. The Morgan fingerprint density at radius 1 is 1.20 bits per heavy atom. The largest absolute Gasteiger partial charge is 0.331 e. The molecule has 0 N–H and O–H groups in total. The fourth-order valence-corrected chi connectivity index (χ4v) is 2.82. The van der Waals surface area contributed by atoms with Gasteiger partial charge in [0.2, 0.25) is 0 Å². The highest BCUT2D eigenvalue weighted by atomic mass is 127. The maximum Gasteiger partial charge on any atom is 0.331 e.